The van der Waals surface area contributed by atoms with Crippen LogP contribution in [0.25, 0.3) is 0 Å². The minimum atomic E-state index is -1.14. The first kappa shape index (κ1) is 25.3. The number of rotatable bonds is 15. The fourth-order valence-corrected chi connectivity index (χ4v) is 2.38. The maximum atomic E-state index is 11.8. The van der Waals surface area contributed by atoms with Crippen molar-refractivity contribution in [3.63, 3.8) is 0 Å². The van der Waals surface area contributed by atoms with E-state index in [9.17, 15) is 19.5 Å². The van der Waals surface area contributed by atoms with E-state index in [1.165, 1.54) is 0 Å². The average molecular weight is 389 g/mol. The number of carboxylic acid groups (broad SMARTS) is 1. The summed E-state index contributed by atoms with van der Waals surface area (Å²) in [5, 5.41) is 11.2. The average Bonchev–Trinajstić information content (AvgIpc) is 2.56. The molecule has 0 aromatic rings. The van der Waals surface area contributed by atoms with Crippen molar-refractivity contribution in [1.82, 2.24) is 0 Å². The van der Waals surface area contributed by atoms with Crippen LogP contribution in [0.15, 0.2) is 0 Å². The van der Waals surface area contributed by atoms with Crippen LogP contribution in [-0.2, 0) is 28.6 Å². The molecule has 27 heavy (non-hydrogen) atoms. The van der Waals surface area contributed by atoms with E-state index in [0.717, 1.165) is 12.8 Å². The van der Waals surface area contributed by atoms with Gasteiger partial charge in [-0.05, 0) is 12.8 Å². The summed E-state index contributed by atoms with van der Waals surface area (Å²) in [5.41, 5.74) is 0. The lowest BCUT2D eigenvalue weighted by Gasteiger charge is -2.34. The highest BCUT2D eigenvalue weighted by Gasteiger charge is 2.25. The van der Waals surface area contributed by atoms with Crippen molar-refractivity contribution in [2.75, 3.05) is 41.0 Å². The predicted molar refractivity (Wildman–Crippen MR) is 97.5 cm³/mol. The van der Waals surface area contributed by atoms with Gasteiger partial charge in [-0.25, -0.2) is 0 Å². The number of carboxylic acids is 1. The molecule has 0 fully saturated rings. The number of hydrogen-bond donors (Lipinski definition) is 0. The zero-order chi connectivity index (χ0) is 20.9. The quantitative estimate of drug-likeness (QED) is 0.230. The Bertz CT molecular complexity index is 459. The Morgan fingerprint density at radius 1 is 0.963 bits per heavy atom. The molecule has 0 saturated heterocycles. The molecule has 0 N–H and O–H groups in total. The summed E-state index contributed by atoms with van der Waals surface area (Å²) in [6, 6.07) is -0.710. The molecule has 0 heterocycles. The minimum absolute atomic E-state index is 0.0359. The third kappa shape index (κ3) is 12.4. The Labute approximate surface area is 162 Å². The van der Waals surface area contributed by atoms with Crippen molar-refractivity contribution >= 4 is 17.9 Å². The summed E-state index contributed by atoms with van der Waals surface area (Å²) in [5.74, 6) is -1.85. The number of quaternary nitrogens is 1. The van der Waals surface area contributed by atoms with Gasteiger partial charge in [-0.3, -0.25) is 9.59 Å². The van der Waals surface area contributed by atoms with Crippen LogP contribution in [0.2, 0.25) is 0 Å². The molecular formula is C19H35NO7. The van der Waals surface area contributed by atoms with E-state index in [0.29, 0.717) is 19.3 Å². The van der Waals surface area contributed by atoms with Crippen LogP contribution in [0.5, 0.6) is 0 Å². The molecule has 0 aromatic carbocycles. The molecule has 158 valence electrons. The summed E-state index contributed by atoms with van der Waals surface area (Å²) in [6.07, 6.45) is 2.42. The van der Waals surface area contributed by atoms with E-state index in [1.807, 2.05) is 13.8 Å². The molecule has 0 aromatic heterocycles. The maximum absolute atomic E-state index is 11.8. The molecule has 8 heteroatoms. The van der Waals surface area contributed by atoms with E-state index >= 15 is 0 Å². The lowest BCUT2D eigenvalue weighted by molar-refractivity contribution is -0.889. The molecule has 0 amide bonds. The van der Waals surface area contributed by atoms with E-state index in [1.54, 1.807) is 21.1 Å². The number of carbonyl (C=O) groups is 3. The first-order valence-electron chi connectivity index (χ1n) is 9.56. The highest BCUT2D eigenvalue weighted by molar-refractivity contribution is 5.70. The number of unbranched alkanes of at least 4 members (excludes halogenated alkanes) is 1. The third-order valence-corrected chi connectivity index (χ3v) is 3.96. The van der Waals surface area contributed by atoms with Gasteiger partial charge in [-0.2, -0.15) is 0 Å². The van der Waals surface area contributed by atoms with Gasteiger partial charge < -0.3 is 28.6 Å². The molecule has 0 aliphatic rings. The first-order chi connectivity index (χ1) is 12.6. The second kappa shape index (κ2) is 13.5. The number of esters is 2. The van der Waals surface area contributed by atoms with Gasteiger partial charge in [0, 0.05) is 19.3 Å². The van der Waals surface area contributed by atoms with Crippen molar-refractivity contribution in [2.45, 2.75) is 64.5 Å². The molecule has 0 saturated carbocycles. The zero-order valence-electron chi connectivity index (χ0n) is 17.3. The molecule has 2 unspecified atom stereocenters. The number of hydrogen-bond acceptors (Lipinski definition) is 7. The molecule has 8 nitrogen and oxygen atoms in total. The van der Waals surface area contributed by atoms with Crippen molar-refractivity contribution in [2.24, 2.45) is 0 Å². The van der Waals surface area contributed by atoms with Gasteiger partial charge in [0.25, 0.3) is 0 Å². The van der Waals surface area contributed by atoms with Crippen LogP contribution < -0.4 is 5.11 Å². The smallest absolute Gasteiger partial charge is 0.306 e. The van der Waals surface area contributed by atoms with Crippen molar-refractivity contribution in [3.05, 3.63) is 0 Å². The van der Waals surface area contributed by atoms with E-state index in [4.69, 9.17) is 14.2 Å². The summed E-state index contributed by atoms with van der Waals surface area (Å²) in [4.78, 5) is 34.6. The van der Waals surface area contributed by atoms with Crippen molar-refractivity contribution in [3.8, 4) is 0 Å². The van der Waals surface area contributed by atoms with Crippen LogP contribution in [0.3, 0.4) is 0 Å². The van der Waals surface area contributed by atoms with Gasteiger partial charge in [-0.15, -0.1) is 0 Å². The fourth-order valence-electron chi connectivity index (χ4n) is 2.38. The molecule has 0 spiro atoms. The molecular weight excluding hydrogens is 354 g/mol. The second-order valence-electron chi connectivity index (χ2n) is 7.46. The highest BCUT2D eigenvalue weighted by Crippen LogP contribution is 2.08. The summed E-state index contributed by atoms with van der Waals surface area (Å²) >= 11 is 0. The summed E-state index contributed by atoms with van der Waals surface area (Å²) in [7, 11) is 5.31. The minimum Gasteiger partial charge on any atom is -0.544 e. The monoisotopic (exact) mass is 389 g/mol. The SMILES string of the molecule is CCCCC(=O)OC(COCCC(C(=O)[O-])[N+](C)(C)C)COC(=O)CCC. The molecule has 0 aliphatic carbocycles. The number of nitrogens with zero attached hydrogens (tertiary/aromatic N) is 1. The Hall–Kier alpha value is -1.67. The topological polar surface area (TPSA) is 102 Å². The number of carbonyl (C=O) groups excluding carboxylic acids is 3. The van der Waals surface area contributed by atoms with Crippen LogP contribution >= 0.6 is 0 Å². The Morgan fingerprint density at radius 2 is 1.63 bits per heavy atom. The molecule has 0 bridgehead atoms. The van der Waals surface area contributed by atoms with Gasteiger partial charge >= 0.3 is 11.9 Å². The van der Waals surface area contributed by atoms with Crippen molar-refractivity contribution in [1.29, 1.82) is 0 Å². The number of ether oxygens (including phenoxy) is 3. The second-order valence-corrected chi connectivity index (χ2v) is 7.46. The molecule has 2 atom stereocenters. The zero-order valence-corrected chi connectivity index (χ0v) is 17.3. The highest BCUT2D eigenvalue weighted by atomic mass is 16.6. The first-order valence-corrected chi connectivity index (χ1v) is 9.56. The summed E-state index contributed by atoms with van der Waals surface area (Å²) in [6.45, 7) is 3.97. The van der Waals surface area contributed by atoms with Gasteiger partial charge in [0.05, 0.1) is 40.3 Å². The van der Waals surface area contributed by atoms with Gasteiger partial charge in [0.15, 0.2) is 6.10 Å². The predicted octanol–water partition coefficient (Wildman–Crippen LogP) is 0.663. The van der Waals surface area contributed by atoms with Crippen LogP contribution in [-0.4, -0.2) is 75.5 Å². The lowest BCUT2D eigenvalue weighted by Crippen LogP contribution is -2.55. The largest absolute Gasteiger partial charge is 0.544 e. The molecule has 0 rings (SSSR count). The lowest BCUT2D eigenvalue weighted by atomic mass is 10.1. The summed E-state index contributed by atoms with van der Waals surface area (Å²) < 4.78 is 16.2. The Kier molecular flexibility index (Phi) is 12.7. The Balaban J connectivity index is 4.53. The number of likely N-dealkylation sites (N-methyl/N-ethyl adjacent to an activating group) is 1. The normalized spacial score (nSPS) is 13.7. The van der Waals surface area contributed by atoms with Crippen LogP contribution in [0.1, 0.15) is 52.4 Å². The van der Waals surface area contributed by atoms with Crippen molar-refractivity contribution < 1.29 is 38.2 Å². The fraction of sp³-hybridized carbons (Fsp3) is 0.842. The van der Waals surface area contributed by atoms with E-state index < -0.39 is 18.1 Å². The van der Waals surface area contributed by atoms with Crippen LogP contribution in [0.4, 0.5) is 0 Å². The Morgan fingerprint density at radius 3 is 2.15 bits per heavy atom. The van der Waals surface area contributed by atoms with Gasteiger partial charge in [0.1, 0.15) is 12.6 Å². The maximum Gasteiger partial charge on any atom is 0.306 e. The van der Waals surface area contributed by atoms with E-state index in [2.05, 4.69) is 0 Å². The standard InChI is InChI=1S/C19H35NO7/c1-6-8-10-18(22)27-15(14-26-17(21)9-7-2)13-25-12-11-16(19(23)24)20(3,4)5/h15-16H,6-14H2,1-5H3. The van der Waals surface area contributed by atoms with Gasteiger partial charge in [0.2, 0.25) is 0 Å². The molecule has 0 aliphatic heterocycles. The molecule has 0 radical (unpaired) electrons. The third-order valence-electron chi connectivity index (χ3n) is 3.96. The van der Waals surface area contributed by atoms with E-state index in [-0.39, 0.29) is 42.7 Å². The van der Waals surface area contributed by atoms with Crippen LogP contribution in [0, 0.1) is 0 Å². The van der Waals surface area contributed by atoms with Gasteiger partial charge in [-0.1, -0.05) is 20.3 Å². The number of aliphatic carboxylic acids is 1.